The van der Waals surface area contributed by atoms with Crippen molar-refractivity contribution in [3.8, 4) is 0 Å². The maximum atomic E-state index is 13.1. The van der Waals surface area contributed by atoms with Crippen molar-refractivity contribution in [3.63, 3.8) is 0 Å². The first-order chi connectivity index (χ1) is 10.0. The summed E-state index contributed by atoms with van der Waals surface area (Å²) < 4.78 is 30.7. The number of esters is 1. The van der Waals surface area contributed by atoms with Crippen molar-refractivity contribution in [2.75, 3.05) is 7.11 Å². The number of carbonyl (C=O) groups is 1. The standard InChI is InChI=1S/C15H12BrFO3S/c1-20-15(18)10-5-6-11(14(16)7-10)9-21(19)13-4-2-3-12(17)8-13/h2-8H,9H2,1H3. The lowest BCUT2D eigenvalue weighted by Gasteiger charge is -2.07. The van der Waals surface area contributed by atoms with E-state index >= 15 is 0 Å². The number of halogens is 2. The Morgan fingerprint density at radius 3 is 2.67 bits per heavy atom. The van der Waals surface area contributed by atoms with Gasteiger partial charge in [0, 0.05) is 9.37 Å². The molecular weight excluding hydrogens is 359 g/mol. The van der Waals surface area contributed by atoms with Gasteiger partial charge in [0.1, 0.15) is 5.82 Å². The van der Waals surface area contributed by atoms with Gasteiger partial charge in [0.05, 0.1) is 29.2 Å². The minimum atomic E-state index is -1.36. The third-order valence-corrected chi connectivity index (χ3v) is 4.91. The molecule has 2 rings (SSSR count). The second-order valence-corrected chi connectivity index (χ2v) is 6.55. The van der Waals surface area contributed by atoms with E-state index in [4.69, 9.17) is 0 Å². The van der Waals surface area contributed by atoms with E-state index in [0.717, 1.165) is 5.56 Å². The average Bonchev–Trinajstić information content (AvgIpc) is 2.48. The van der Waals surface area contributed by atoms with Crippen LogP contribution in [0.4, 0.5) is 4.39 Å². The second kappa shape index (κ2) is 6.95. The summed E-state index contributed by atoms with van der Waals surface area (Å²) in [6.07, 6.45) is 0. The highest BCUT2D eigenvalue weighted by Crippen LogP contribution is 2.22. The van der Waals surface area contributed by atoms with E-state index < -0.39 is 22.6 Å². The Morgan fingerprint density at radius 1 is 1.29 bits per heavy atom. The molecule has 0 heterocycles. The predicted octanol–water partition coefficient (Wildman–Crippen LogP) is 3.68. The van der Waals surface area contributed by atoms with E-state index in [0.29, 0.717) is 14.9 Å². The maximum Gasteiger partial charge on any atom is 0.337 e. The second-order valence-electron chi connectivity index (χ2n) is 4.25. The molecule has 2 aromatic carbocycles. The van der Waals surface area contributed by atoms with Crippen LogP contribution < -0.4 is 0 Å². The highest BCUT2D eigenvalue weighted by molar-refractivity contribution is 9.10. The Labute approximate surface area is 132 Å². The van der Waals surface area contributed by atoms with Gasteiger partial charge >= 0.3 is 5.97 Å². The topological polar surface area (TPSA) is 43.4 Å². The lowest BCUT2D eigenvalue weighted by molar-refractivity contribution is 0.0600. The molecule has 0 fully saturated rings. The first-order valence-electron chi connectivity index (χ1n) is 6.02. The Balaban J connectivity index is 2.20. The molecule has 0 saturated carbocycles. The lowest BCUT2D eigenvalue weighted by atomic mass is 10.1. The van der Waals surface area contributed by atoms with Crippen LogP contribution in [-0.2, 0) is 21.3 Å². The predicted molar refractivity (Wildman–Crippen MR) is 82.0 cm³/mol. The van der Waals surface area contributed by atoms with Gasteiger partial charge in [0.2, 0.25) is 0 Å². The molecule has 0 spiro atoms. The lowest BCUT2D eigenvalue weighted by Crippen LogP contribution is -2.03. The molecule has 2 aromatic rings. The van der Waals surface area contributed by atoms with Gasteiger partial charge in [-0.2, -0.15) is 0 Å². The van der Waals surface area contributed by atoms with Crippen molar-refractivity contribution < 1.29 is 18.1 Å². The number of methoxy groups -OCH3 is 1. The molecule has 0 aromatic heterocycles. The third-order valence-electron chi connectivity index (χ3n) is 2.82. The minimum absolute atomic E-state index is 0.228. The fourth-order valence-corrected chi connectivity index (χ4v) is 3.62. The Hall–Kier alpha value is -1.53. The van der Waals surface area contributed by atoms with Gasteiger partial charge < -0.3 is 4.74 Å². The number of hydrogen-bond donors (Lipinski definition) is 0. The number of hydrogen-bond acceptors (Lipinski definition) is 3. The summed E-state index contributed by atoms with van der Waals surface area (Å²) in [6, 6.07) is 10.6. The van der Waals surface area contributed by atoms with Crippen molar-refractivity contribution in [1.82, 2.24) is 0 Å². The minimum Gasteiger partial charge on any atom is -0.465 e. The Bertz CT molecular complexity index is 703. The van der Waals surface area contributed by atoms with Gasteiger partial charge in [-0.25, -0.2) is 9.18 Å². The van der Waals surface area contributed by atoms with Gasteiger partial charge in [-0.05, 0) is 35.9 Å². The van der Waals surface area contributed by atoms with Crippen LogP contribution in [-0.4, -0.2) is 17.3 Å². The largest absolute Gasteiger partial charge is 0.465 e. The molecule has 0 amide bonds. The summed E-state index contributed by atoms with van der Waals surface area (Å²) in [5.41, 5.74) is 1.18. The maximum absolute atomic E-state index is 13.1. The summed E-state index contributed by atoms with van der Waals surface area (Å²) in [6.45, 7) is 0. The van der Waals surface area contributed by atoms with Crippen molar-refractivity contribution in [1.29, 1.82) is 0 Å². The molecule has 6 heteroatoms. The van der Waals surface area contributed by atoms with E-state index in [9.17, 15) is 13.4 Å². The molecule has 0 bridgehead atoms. The summed E-state index contributed by atoms with van der Waals surface area (Å²) in [7, 11) is -0.0515. The molecule has 0 aliphatic heterocycles. The normalized spacial score (nSPS) is 12.0. The van der Waals surface area contributed by atoms with E-state index in [1.807, 2.05) is 0 Å². The number of ether oxygens (including phenoxy) is 1. The van der Waals surface area contributed by atoms with Crippen LogP contribution in [0, 0.1) is 5.82 Å². The van der Waals surface area contributed by atoms with Crippen LogP contribution in [0.15, 0.2) is 51.8 Å². The first-order valence-corrected chi connectivity index (χ1v) is 8.13. The Morgan fingerprint density at radius 2 is 2.05 bits per heavy atom. The summed E-state index contributed by atoms with van der Waals surface area (Å²) >= 11 is 3.34. The van der Waals surface area contributed by atoms with Crippen molar-refractivity contribution in [2.24, 2.45) is 0 Å². The molecule has 0 saturated heterocycles. The smallest absolute Gasteiger partial charge is 0.337 e. The van der Waals surface area contributed by atoms with Gasteiger partial charge in [-0.1, -0.05) is 28.1 Å². The zero-order chi connectivity index (χ0) is 15.4. The number of carbonyl (C=O) groups excluding carboxylic acids is 1. The number of benzene rings is 2. The van der Waals surface area contributed by atoms with E-state index in [2.05, 4.69) is 20.7 Å². The highest BCUT2D eigenvalue weighted by Gasteiger charge is 2.12. The summed E-state index contributed by atoms with van der Waals surface area (Å²) in [5.74, 6) is -0.625. The van der Waals surface area contributed by atoms with Crippen LogP contribution in [0.25, 0.3) is 0 Å². The van der Waals surface area contributed by atoms with Crippen LogP contribution in [0.5, 0.6) is 0 Å². The van der Waals surface area contributed by atoms with Crippen molar-refractivity contribution >= 4 is 32.7 Å². The summed E-state index contributed by atoms with van der Waals surface area (Å²) in [5, 5.41) is 0. The molecule has 3 nitrogen and oxygen atoms in total. The zero-order valence-corrected chi connectivity index (χ0v) is 13.5. The third kappa shape index (κ3) is 3.98. The van der Waals surface area contributed by atoms with Crippen LogP contribution in [0.1, 0.15) is 15.9 Å². The fourth-order valence-electron chi connectivity index (χ4n) is 1.74. The van der Waals surface area contributed by atoms with Gasteiger partial charge in [-0.3, -0.25) is 4.21 Å². The molecule has 21 heavy (non-hydrogen) atoms. The van der Waals surface area contributed by atoms with Crippen LogP contribution in [0.3, 0.4) is 0 Å². The highest BCUT2D eigenvalue weighted by atomic mass is 79.9. The fraction of sp³-hybridized carbons (Fsp3) is 0.133. The first kappa shape index (κ1) is 15.9. The average molecular weight is 371 g/mol. The molecule has 0 N–H and O–H groups in total. The summed E-state index contributed by atoms with van der Waals surface area (Å²) in [4.78, 5) is 11.8. The van der Waals surface area contributed by atoms with Gasteiger partial charge in [0.15, 0.2) is 0 Å². The molecule has 0 aliphatic carbocycles. The SMILES string of the molecule is COC(=O)c1ccc(CS(=O)c2cccc(F)c2)c(Br)c1. The van der Waals surface area contributed by atoms with E-state index in [1.54, 1.807) is 24.3 Å². The molecule has 0 aliphatic rings. The van der Waals surface area contributed by atoms with Crippen molar-refractivity contribution in [3.05, 3.63) is 63.9 Å². The molecular formula is C15H12BrFO3S. The quantitative estimate of drug-likeness (QED) is 0.771. The van der Waals surface area contributed by atoms with Crippen molar-refractivity contribution in [2.45, 2.75) is 10.6 Å². The molecule has 0 radical (unpaired) electrons. The van der Waals surface area contributed by atoms with Gasteiger partial charge in [-0.15, -0.1) is 0 Å². The molecule has 1 atom stereocenters. The number of rotatable bonds is 4. The Kier molecular flexibility index (Phi) is 5.25. The van der Waals surface area contributed by atoms with Gasteiger partial charge in [0.25, 0.3) is 0 Å². The van der Waals surface area contributed by atoms with E-state index in [1.165, 1.54) is 25.3 Å². The molecule has 110 valence electrons. The monoisotopic (exact) mass is 370 g/mol. The molecule has 1 unspecified atom stereocenters. The zero-order valence-electron chi connectivity index (χ0n) is 11.1. The van der Waals surface area contributed by atoms with Crippen LogP contribution >= 0.6 is 15.9 Å². The van der Waals surface area contributed by atoms with Crippen LogP contribution in [0.2, 0.25) is 0 Å². The van der Waals surface area contributed by atoms with E-state index in [-0.39, 0.29) is 5.75 Å².